The molecule has 23 heavy (non-hydrogen) atoms. The van der Waals surface area contributed by atoms with Crippen molar-refractivity contribution in [3.05, 3.63) is 48.4 Å². The molecule has 1 aliphatic rings. The molecule has 3 rings (SSSR count). The number of likely N-dealkylation sites (tertiary alicyclic amines) is 1. The Balaban J connectivity index is 1.73. The van der Waals surface area contributed by atoms with E-state index in [0.29, 0.717) is 18.7 Å². The zero-order valence-corrected chi connectivity index (χ0v) is 13.5. The number of benzene rings is 1. The molecule has 1 aromatic heterocycles. The number of piperidine rings is 1. The number of hydrogen-bond donors (Lipinski definition) is 1. The lowest BCUT2D eigenvalue weighted by molar-refractivity contribution is 0.0338. The van der Waals surface area contributed by atoms with Gasteiger partial charge in [-0.15, -0.1) is 0 Å². The van der Waals surface area contributed by atoms with E-state index in [4.69, 9.17) is 4.42 Å². The Hall–Kier alpha value is -2.07. The summed E-state index contributed by atoms with van der Waals surface area (Å²) in [5.74, 6) is 0.0676. The van der Waals surface area contributed by atoms with Crippen LogP contribution in [0.15, 0.2) is 47.3 Å². The molecule has 1 aromatic carbocycles. The Morgan fingerprint density at radius 3 is 2.65 bits per heavy atom. The zero-order chi connectivity index (χ0) is 16.3. The molecule has 1 aliphatic heterocycles. The minimum atomic E-state index is -0.00454. The van der Waals surface area contributed by atoms with Crippen molar-refractivity contribution >= 4 is 5.91 Å². The largest absolute Gasteiger partial charge is 0.472 e. The molecule has 1 fully saturated rings. The Bertz CT molecular complexity index is 649. The van der Waals surface area contributed by atoms with E-state index < -0.39 is 0 Å². The van der Waals surface area contributed by atoms with Crippen LogP contribution in [0.2, 0.25) is 0 Å². The van der Waals surface area contributed by atoms with Gasteiger partial charge in [-0.3, -0.25) is 4.79 Å². The van der Waals surface area contributed by atoms with Gasteiger partial charge >= 0.3 is 0 Å². The SMILES string of the molecule is CCC1(CO)CCN(C(=O)c2cccc(-c3ccoc3)c2)CC1. The predicted molar refractivity (Wildman–Crippen MR) is 89.1 cm³/mol. The summed E-state index contributed by atoms with van der Waals surface area (Å²) in [4.78, 5) is 14.7. The molecule has 0 aliphatic carbocycles. The Morgan fingerprint density at radius 2 is 2.04 bits per heavy atom. The van der Waals surface area contributed by atoms with Gasteiger partial charge in [0.2, 0.25) is 0 Å². The summed E-state index contributed by atoms with van der Waals surface area (Å²) in [5.41, 5.74) is 2.66. The van der Waals surface area contributed by atoms with E-state index in [1.54, 1.807) is 12.5 Å². The van der Waals surface area contributed by atoms with Crippen LogP contribution in [0.4, 0.5) is 0 Å². The Labute approximate surface area is 136 Å². The van der Waals surface area contributed by atoms with Crippen molar-refractivity contribution in [2.24, 2.45) is 5.41 Å². The van der Waals surface area contributed by atoms with E-state index in [9.17, 15) is 9.90 Å². The number of aliphatic hydroxyl groups excluding tert-OH is 1. The predicted octanol–water partition coefficient (Wildman–Crippen LogP) is 3.57. The van der Waals surface area contributed by atoms with Gasteiger partial charge in [-0.05, 0) is 48.4 Å². The number of nitrogens with zero attached hydrogens (tertiary/aromatic N) is 1. The van der Waals surface area contributed by atoms with Crippen molar-refractivity contribution in [3.63, 3.8) is 0 Å². The quantitative estimate of drug-likeness (QED) is 0.939. The summed E-state index contributed by atoms with van der Waals surface area (Å²) in [7, 11) is 0. The van der Waals surface area contributed by atoms with Gasteiger partial charge in [0.15, 0.2) is 0 Å². The molecule has 0 atom stereocenters. The van der Waals surface area contributed by atoms with Gasteiger partial charge < -0.3 is 14.4 Å². The van der Waals surface area contributed by atoms with E-state index in [1.165, 1.54) is 0 Å². The number of amides is 1. The minimum absolute atomic E-state index is 0.00454. The summed E-state index contributed by atoms with van der Waals surface area (Å²) in [6.07, 6.45) is 6.01. The topological polar surface area (TPSA) is 53.7 Å². The van der Waals surface area contributed by atoms with Crippen LogP contribution in [-0.4, -0.2) is 35.6 Å². The summed E-state index contributed by atoms with van der Waals surface area (Å²) in [6.45, 7) is 3.75. The van der Waals surface area contributed by atoms with E-state index in [1.807, 2.05) is 35.2 Å². The average molecular weight is 313 g/mol. The highest BCUT2D eigenvalue weighted by atomic mass is 16.3. The molecular formula is C19H23NO3. The van der Waals surface area contributed by atoms with Crippen LogP contribution in [0.3, 0.4) is 0 Å². The first-order chi connectivity index (χ1) is 11.2. The molecule has 2 heterocycles. The normalized spacial score (nSPS) is 17.2. The smallest absolute Gasteiger partial charge is 0.253 e. The standard InChI is InChI=1S/C19H23NO3/c1-2-19(14-21)7-9-20(10-8-19)18(22)16-5-3-4-15(12-16)17-6-11-23-13-17/h3-6,11-13,21H,2,7-10,14H2,1H3. The molecular weight excluding hydrogens is 290 g/mol. The third-order valence-corrected chi connectivity index (χ3v) is 5.16. The summed E-state index contributed by atoms with van der Waals surface area (Å²) < 4.78 is 5.11. The van der Waals surface area contributed by atoms with Gasteiger partial charge in [0.1, 0.15) is 0 Å². The molecule has 1 N–H and O–H groups in total. The van der Waals surface area contributed by atoms with E-state index in [-0.39, 0.29) is 17.9 Å². The van der Waals surface area contributed by atoms with Gasteiger partial charge in [0.25, 0.3) is 5.91 Å². The fraction of sp³-hybridized carbons (Fsp3) is 0.421. The van der Waals surface area contributed by atoms with Crippen molar-refractivity contribution in [1.29, 1.82) is 0 Å². The molecule has 0 saturated carbocycles. The van der Waals surface area contributed by atoms with E-state index in [2.05, 4.69) is 6.92 Å². The molecule has 4 heteroatoms. The molecule has 1 amide bonds. The number of carbonyl (C=O) groups excluding carboxylic acids is 1. The average Bonchev–Trinajstić information content (AvgIpc) is 3.16. The molecule has 4 nitrogen and oxygen atoms in total. The van der Waals surface area contributed by atoms with Gasteiger partial charge in [-0.1, -0.05) is 19.1 Å². The van der Waals surface area contributed by atoms with Crippen LogP contribution >= 0.6 is 0 Å². The Morgan fingerprint density at radius 1 is 1.26 bits per heavy atom. The second-order valence-electron chi connectivity index (χ2n) is 6.40. The van der Waals surface area contributed by atoms with Crippen LogP contribution in [0.25, 0.3) is 11.1 Å². The van der Waals surface area contributed by atoms with Crippen LogP contribution in [0.1, 0.15) is 36.5 Å². The molecule has 122 valence electrons. The first-order valence-corrected chi connectivity index (χ1v) is 8.20. The third kappa shape index (κ3) is 3.17. The maximum Gasteiger partial charge on any atom is 0.253 e. The lowest BCUT2D eigenvalue weighted by Gasteiger charge is -2.40. The first kappa shape index (κ1) is 15.8. The monoisotopic (exact) mass is 313 g/mol. The van der Waals surface area contributed by atoms with Crippen molar-refractivity contribution in [2.45, 2.75) is 26.2 Å². The van der Waals surface area contributed by atoms with Crippen molar-refractivity contribution in [3.8, 4) is 11.1 Å². The summed E-state index contributed by atoms with van der Waals surface area (Å²) in [5, 5.41) is 9.61. The second kappa shape index (κ2) is 6.59. The van der Waals surface area contributed by atoms with Gasteiger partial charge in [-0.25, -0.2) is 0 Å². The number of hydrogen-bond acceptors (Lipinski definition) is 3. The van der Waals surface area contributed by atoms with Crippen LogP contribution < -0.4 is 0 Å². The summed E-state index contributed by atoms with van der Waals surface area (Å²) >= 11 is 0. The fourth-order valence-electron chi connectivity index (χ4n) is 3.25. The fourth-order valence-corrected chi connectivity index (χ4v) is 3.25. The van der Waals surface area contributed by atoms with Crippen LogP contribution in [0.5, 0.6) is 0 Å². The zero-order valence-electron chi connectivity index (χ0n) is 13.5. The number of furan rings is 1. The molecule has 0 spiro atoms. The maximum atomic E-state index is 12.7. The molecule has 1 saturated heterocycles. The highest BCUT2D eigenvalue weighted by Crippen LogP contribution is 2.34. The van der Waals surface area contributed by atoms with Crippen LogP contribution in [0, 0.1) is 5.41 Å². The maximum absolute atomic E-state index is 12.7. The number of carbonyl (C=O) groups is 1. The minimum Gasteiger partial charge on any atom is -0.472 e. The van der Waals surface area contributed by atoms with Gasteiger partial charge in [0, 0.05) is 30.8 Å². The molecule has 2 aromatic rings. The van der Waals surface area contributed by atoms with E-state index >= 15 is 0 Å². The molecule has 0 radical (unpaired) electrons. The van der Waals surface area contributed by atoms with E-state index in [0.717, 1.165) is 30.4 Å². The van der Waals surface area contributed by atoms with Crippen LogP contribution in [-0.2, 0) is 0 Å². The van der Waals surface area contributed by atoms with Crippen molar-refractivity contribution < 1.29 is 14.3 Å². The number of rotatable bonds is 4. The summed E-state index contributed by atoms with van der Waals surface area (Å²) in [6, 6.07) is 9.55. The van der Waals surface area contributed by atoms with Gasteiger partial charge in [0.05, 0.1) is 12.5 Å². The Kier molecular flexibility index (Phi) is 4.53. The molecule has 0 unspecified atom stereocenters. The van der Waals surface area contributed by atoms with Gasteiger partial charge in [-0.2, -0.15) is 0 Å². The van der Waals surface area contributed by atoms with Crippen molar-refractivity contribution in [1.82, 2.24) is 4.90 Å². The highest BCUT2D eigenvalue weighted by Gasteiger charge is 2.34. The lowest BCUT2D eigenvalue weighted by atomic mass is 9.77. The van der Waals surface area contributed by atoms with Crippen molar-refractivity contribution in [2.75, 3.05) is 19.7 Å². The first-order valence-electron chi connectivity index (χ1n) is 8.20. The second-order valence-corrected chi connectivity index (χ2v) is 6.40. The lowest BCUT2D eigenvalue weighted by Crippen LogP contribution is -2.44. The third-order valence-electron chi connectivity index (χ3n) is 5.16. The molecule has 0 bridgehead atoms. The number of aliphatic hydroxyl groups is 1. The highest BCUT2D eigenvalue weighted by molar-refractivity contribution is 5.95.